The minimum absolute atomic E-state index is 0.246. The maximum Gasteiger partial charge on any atom is 0.257 e. The number of benzene rings is 1. The fourth-order valence-electron chi connectivity index (χ4n) is 2.02. The number of amides is 2. The number of nitrogens with one attached hydrogen (secondary N) is 2. The Hall–Kier alpha value is -2.40. The van der Waals surface area contributed by atoms with Gasteiger partial charge in [-0.2, -0.15) is 0 Å². The number of hydrogen-bond donors (Lipinski definition) is 2. The van der Waals surface area contributed by atoms with Gasteiger partial charge >= 0.3 is 0 Å². The highest BCUT2D eigenvalue weighted by molar-refractivity contribution is 6.31. The molecule has 126 valence electrons. The zero-order valence-corrected chi connectivity index (χ0v) is 14.6. The first-order valence-electron chi connectivity index (χ1n) is 7.68. The number of nitrogens with zero attached hydrogens (tertiary/aromatic N) is 1. The van der Waals surface area contributed by atoms with Crippen LogP contribution in [-0.2, 0) is 0 Å². The number of aromatic nitrogens is 1. The number of rotatable bonds is 5. The number of carbonyl (C=O) groups is 2. The van der Waals surface area contributed by atoms with Crippen molar-refractivity contribution in [2.24, 2.45) is 5.92 Å². The smallest absolute Gasteiger partial charge is 0.257 e. The summed E-state index contributed by atoms with van der Waals surface area (Å²) in [7, 11) is 0. The second-order valence-electron chi connectivity index (χ2n) is 5.93. The number of carbonyl (C=O) groups excluding carboxylic acids is 2. The third-order valence-electron chi connectivity index (χ3n) is 3.45. The quantitative estimate of drug-likeness (QED) is 0.868. The third kappa shape index (κ3) is 4.55. The van der Waals surface area contributed by atoms with Gasteiger partial charge in [0.05, 0.1) is 11.1 Å². The topological polar surface area (TPSA) is 71.1 Å². The van der Waals surface area contributed by atoms with Crippen LogP contribution in [0.2, 0.25) is 5.02 Å². The SMILES string of the molecule is Cc1c(Cl)cccc1NC(=O)c1cncc(C(=O)NCC(C)C)c1. The molecule has 0 aliphatic carbocycles. The lowest BCUT2D eigenvalue weighted by molar-refractivity contribution is 0.0948. The van der Waals surface area contributed by atoms with E-state index >= 15 is 0 Å². The molecule has 1 heterocycles. The molecule has 2 aromatic rings. The minimum atomic E-state index is -0.341. The van der Waals surface area contributed by atoms with Crippen LogP contribution in [0, 0.1) is 12.8 Å². The van der Waals surface area contributed by atoms with E-state index in [0.717, 1.165) is 5.56 Å². The average molecular weight is 346 g/mol. The summed E-state index contributed by atoms with van der Waals surface area (Å²) in [5.41, 5.74) is 2.08. The number of hydrogen-bond acceptors (Lipinski definition) is 3. The third-order valence-corrected chi connectivity index (χ3v) is 3.86. The first kappa shape index (κ1) is 17.9. The van der Waals surface area contributed by atoms with E-state index in [1.54, 1.807) is 18.2 Å². The van der Waals surface area contributed by atoms with E-state index < -0.39 is 0 Å². The Kier molecular flexibility index (Phi) is 5.93. The zero-order chi connectivity index (χ0) is 17.7. The van der Waals surface area contributed by atoms with Crippen LogP contribution < -0.4 is 10.6 Å². The Morgan fingerprint density at radius 3 is 2.50 bits per heavy atom. The van der Waals surface area contributed by atoms with Gasteiger partial charge in [0.2, 0.25) is 0 Å². The standard InChI is InChI=1S/C18H20ClN3O2/c1-11(2)8-21-17(23)13-7-14(10-20-9-13)18(24)22-16-6-4-5-15(19)12(16)3/h4-7,9-11H,8H2,1-3H3,(H,21,23)(H,22,24). The summed E-state index contributed by atoms with van der Waals surface area (Å²) in [5.74, 6) is -0.240. The summed E-state index contributed by atoms with van der Waals surface area (Å²) in [5, 5.41) is 6.17. The molecule has 1 aromatic carbocycles. The molecule has 0 saturated heterocycles. The normalized spacial score (nSPS) is 10.5. The highest BCUT2D eigenvalue weighted by Crippen LogP contribution is 2.23. The molecule has 5 nitrogen and oxygen atoms in total. The lowest BCUT2D eigenvalue weighted by atomic mass is 10.1. The molecular formula is C18H20ClN3O2. The van der Waals surface area contributed by atoms with Crippen LogP contribution >= 0.6 is 11.6 Å². The van der Waals surface area contributed by atoms with Crippen LogP contribution in [0.25, 0.3) is 0 Å². The van der Waals surface area contributed by atoms with Gasteiger partial charge in [-0.3, -0.25) is 14.6 Å². The van der Waals surface area contributed by atoms with Crippen molar-refractivity contribution in [3.8, 4) is 0 Å². The van der Waals surface area contributed by atoms with E-state index in [4.69, 9.17) is 11.6 Å². The molecule has 24 heavy (non-hydrogen) atoms. The van der Waals surface area contributed by atoms with E-state index in [1.807, 2.05) is 20.8 Å². The van der Waals surface area contributed by atoms with E-state index in [2.05, 4.69) is 15.6 Å². The maximum absolute atomic E-state index is 12.4. The summed E-state index contributed by atoms with van der Waals surface area (Å²) >= 11 is 6.05. The van der Waals surface area contributed by atoms with Gasteiger partial charge < -0.3 is 10.6 Å². The molecule has 0 aliphatic rings. The molecule has 0 bridgehead atoms. The van der Waals surface area contributed by atoms with E-state index in [0.29, 0.717) is 34.3 Å². The Morgan fingerprint density at radius 2 is 1.83 bits per heavy atom. The van der Waals surface area contributed by atoms with Gasteiger partial charge in [-0.05, 0) is 36.6 Å². The molecule has 1 aromatic heterocycles. The van der Waals surface area contributed by atoms with Gasteiger partial charge in [-0.1, -0.05) is 31.5 Å². The van der Waals surface area contributed by atoms with Crippen molar-refractivity contribution in [1.29, 1.82) is 0 Å². The lowest BCUT2D eigenvalue weighted by Gasteiger charge is -2.10. The van der Waals surface area contributed by atoms with Gasteiger partial charge in [-0.15, -0.1) is 0 Å². The highest BCUT2D eigenvalue weighted by atomic mass is 35.5. The summed E-state index contributed by atoms with van der Waals surface area (Å²) in [4.78, 5) is 28.5. The van der Waals surface area contributed by atoms with Crippen LogP contribution in [0.3, 0.4) is 0 Å². The van der Waals surface area contributed by atoms with Crippen molar-refractivity contribution in [3.63, 3.8) is 0 Å². The van der Waals surface area contributed by atoms with E-state index in [9.17, 15) is 9.59 Å². The van der Waals surface area contributed by atoms with Crippen molar-refractivity contribution in [1.82, 2.24) is 10.3 Å². The van der Waals surface area contributed by atoms with Crippen molar-refractivity contribution in [2.45, 2.75) is 20.8 Å². The second kappa shape index (κ2) is 7.93. The lowest BCUT2D eigenvalue weighted by Crippen LogP contribution is -2.27. The van der Waals surface area contributed by atoms with E-state index in [-0.39, 0.29) is 11.8 Å². The van der Waals surface area contributed by atoms with Gasteiger partial charge in [0.25, 0.3) is 11.8 Å². The fourth-order valence-corrected chi connectivity index (χ4v) is 2.20. The number of pyridine rings is 1. The summed E-state index contributed by atoms with van der Waals surface area (Å²) in [6.07, 6.45) is 2.87. The Balaban J connectivity index is 2.14. The predicted octanol–water partition coefficient (Wildman–Crippen LogP) is 3.68. The molecule has 2 rings (SSSR count). The molecule has 0 aliphatic heterocycles. The van der Waals surface area contributed by atoms with Crippen LogP contribution in [0.5, 0.6) is 0 Å². The monoisotopic (exact) mass is 345 g/mol. The molecule has 0 spiro atoms. The minimum Gasteiger partial charge on any atom is -0.352 e. The first-order chi connectivity index (χ1) is 11.4. The van der Waals surface area contributed by atoms with Crippen molar-refractivity contribution < 1.29 is 9.59 Å². The fraction of sp³-hybridized carbons (Fsp3) is 0.278. The Labute approximate surface area is 146 Å². The van der Waals surface area contributed by atoms with Crippen LogP contribution in [0.4, 0.5) is 5.69 Å². The molecule has 2 N–H and O–H groups in total. The first-order valence-corrected chi connectivity index (χ1v) is 8.06. The van der Waals surface area contributed by atoms with Gasteiger partial charge in [0, 0.05) is 29.6 Å². The summed E-state index contributed by atoms with van der Waals surface area (Å²) < 4.78 is 0. The summed E-state index contributed by atoms with van der Waals surface area (Å²) in [6.45, 7) is 6.41. The second-order valence-corrected chi connectivity index (χ2v) is 6.34. The molecule has 0 saturated carbocycles. The number of anilines is 1. The van der Waals surface area contributed by atoms with Crippen molar-refractivity contribution >= 4 is 29.1 Å². The van der Waals surface area contributed by atoms with Crippen molar-refractivity contribution in [2.75, 3.05) is 11.9 Å². The molecule has 0 atom stereocenters. The molecular weight excluding hydrogens is 326 g/mol. The van der Waals surface area contributed by atoms with Gasteiger partial charge in [0.1, 0.15) is 0 Å². The van der Waals surface area contributed by atoms with Crippen LogP contribution in [-0.4, -0.2) is 23.3 Å². The zero-order valence-electron chi connectivity index (χ0n) is 13.9. The van der Waals surface area contributed by atoms with Crippen LogP contribution in [0.1, 0.15) is 40.1 Å². The van der Waals surface area contributed by atoms with Crippen LogP contribution in [0.15, 0.2) is 36.7 Å². The number of halogens is 1. The molecule has 2 amide bonds. The molecule has 0 unspecified atom stereocenters. The maximum atomic E-state index is 12.4. The Morgan fingerprint density at radius 1 is 1.17 bits per heavy atom. The average Bonchev–Trinajstić information content (AvgIpc) is 2.56. The largest absolute Gasteiger partial charge is 0.352 e. The summed E-state index contributed by atoms with van der Waals surface area (Å²) in [6, 6.07) is 6.82. The van der Waals surface area contributed by atoms with Gasteiger partial charge in [-0.25, -0.2) is 0 Å². The van der Waals surface area contributed by atoms with E-state index in [1.165, 1.54) is 18.5 Å². The molecule has 0 radical (unpaired) electrons. The molecule has 6 heteroatoms. The Bertz CT molecular complexity index is 760. The predicted molar refractivity (Wildman–Crippen MR) is 95.6 cm³/mol. The van der Waals surface area contributed by atoms with Crippen molar-refractivity contribution in [3.05, 3.63) is 58.4 Å². The van der Waals surface area contributed by atoms with Gasteiger partial charge in [0.15, 0.2) is 0 Å². The molecule has 0 fully saturated rings. The highest BCUT2D eigenvalue weighted by Gasteiger charge is 2.13.